The molecule has 0 N–H and O–H groups in total. The molecule has 1 aliphatic carbocycles. The largest absolute Gasteiger partial charge is 0.466 e. The van der Waals surface area contributed by atoms with Gasteiger partial charge in [0.1, 0.15) is 18.5 Å². The average Bonchev–Trinajstić information content (AvgIpc) is 2.85. The van der Waals surface area contributed by atoms with E-state index in [0.29, 0.717) is 25.9 Å². The second kappa shape index (κ2) is 11.6. The fourth-order valence-corrected chi connectivity index (χ4v) is 3.58. The Morgan fingerprint density at radius 2 is 1.58 bits per heavy atom. The Morgan fingerprint density at radius 1 is 0.962 bits per heavy atom. The van der Waals surface area contributed by atoms with E-state index < -0.39 is 30.1 Å². The van der Waals surface area contributed by atoms with Crippen molar-refractivity contribution in [3.05, 3.63) is 0 Å². The Morgan fingerprint density at radius 3 is 2.15 bits per heavy atom. The van der Waals surface area contributed by atoms with Gasteiger partial charge in [-0.15, -0.1) is 0 Å². The van der Waals surface area contributed by atoms with E-state index >= 15 is 0 Å². The van der Waals surface area contributed by atoms with Crippen LogP contribution < -0.4 is 0 Å². The van der Waals surface area contributed by atoms with Crippen molar-refractivity contribution in [3.8, 4) is 0 Å². The van der Waals surface area contributed by atoms with Crippen molar-refractivity contribution < 1.29 is 33.4 Å². The number of carbonyl (C=O) groups is 4. The number of hydrogen-bond acceptors (Lipinski definition) is 7. The van der Waals surface area contributed by atoms with E-state index in [0.717, 1.165) is 32.0 Å². The van der Waals surface area contributed by atoms with Crippen LogP contribution in [0.5, 0.6) is 0 Å². The number of hydrogen-bond donors (Lipinski definition) is 0. The molecule has 1 fully saturated rings. The molecular weight excluding hydrogens is 340 g/mol. The molecular formula is C19H30O7. The molecule has 4 atom stereocenters. The maximum absolute atomic E-state index is 11.5. The minimum Gasteiger partial charge on any atom is -0.466 e. The van der Waals surface area contributed by atoms with Crippen molar-refractivity contribution in [1.29, 1.82) is 0 Å². The summed E-state index contributed by atoms with van der Waals surface area (Å²) in [6.45, 7) is 4.82. The molecule has 0 spiro atoms. The summed E-state index contributed by atoms with van der Waals surface area (Å²) in [6.07, 6.45) is 4.76. The standard InChI is InChI=1S/C19H30O7/c1-4-24-19(23)10-8-6-5-7-9-15-16(12-20)18(26-14(3)22)11-17(15)25-13(2)21/h12,15-18H,4-11H2,1-3H3. The van der Waals surface area contributed by atoms with Gasteiger partial charge in [-0.2, -0.15) is 0 Å². The van der Waals surface area contributed by atoms with Gasteiger partial charge in [0.2, 0.25) is 0 Å². The van der Waals surface area contributed by atoms with Crippen LogP contribution in [-0.2, 0) is 33.4 Å². The highest BCUT2D eigenvalue weighted by Crippen LogP contribution is 2.38. The number of ether oxygens (including phenoxy) is 3. The van der Waals surface area contributed by atoms with E-state index in [-0.39, 0.29) is 11.9 Å². The number of esters is 3. The van der Waals surface area contributed by atoms with Gasteiger partial charge in [-0.3, -0.25) is 14.4 Å². The zero-order chi connectivity index (χ0) is 19.5. The minimum absolute atomic E-state index is 0.147. The van der Waals surface area contributed by atoms with Gasteiger partial charge in [0.15, 0.2) is 0 Å². The predicted octanol–water partition coefficient (Wildman–Crippen LogP) is 2.59. The zero-order valence-corrected chi connectivity index (χ0v) is 15.9. The SMILES string of the molecule is CCOC(=O)CCCCCCC1C(OC(C)=O)CC(OC(C)=O)C1C=O. The first-order chi connectivity index (χ1) is 12.4. The van der Waals surface area contributed by atoms with Gasteiger partial charge >= 0.3 is 17.9 Å². The Balaban J connectivity index is 2.48. The van der Waals surface area contributed by atoms with E-state index in [9.17, 15) is 19.2 Å². The van der Waals surface area contributed by atoms with Gasteiger partial charge in [-0.1, -0.05) is 19.3 Å². The molecule has 0 aromatic rings. The van der Waals surface area contributed by atoms with Crippen LogP contribution in [-0.4, -0.2) is 43.0 Å². The first-order valence-electron chi connectivity index (χ1n) is 9.34. The first kappa shape index (κ1) is 22.1. The molecule has 0 aliphatic heterocycles. The van der Waals surface area contributed by atoms with Crippen LogP contribution in [0.4, 0.5) is 0 Å². The van der Waals surface area contributed by atoms with Crippen LogP contribution >= 0.6 is 0 Å². The predicted molar refractivity (Wildman–Crippen MR) is 93.1 cm³/mol. The Kier molecular flexibility index (Phi) is 9.91. The van der Waals surface area contributed by atoms with Crippen molar-refractivity contribution >= 4 is 24.2 Å². The summed E-state index contributed by atoms with van der Waals surface area (Å²) < 4.78 is 15.5. The summed E-state index contributed by atoms with van der Waals surface area (Å²) >= 11 is 0. The molecule has 0 aromatic carbocycles. The van der Waals surface area contributed by atoms with Gasteiger partial charge in [0, 0.05) is 32.6 Å². The lowest BCUT2D eigenvalue weighted by molar-refractivity contribution is -0.149. The van der Waals surface area contributed by atoms with Crippen LogP contribution in [0, 0.1) is 11.8 Å². The molecule has 26 heavy (non-hydrogen) atoms. The van der Waals surface area contributed by atoms with Gasteiger partial charge in [0.05, 0.1) is 12.5 Å². The lowest BCUT2D eigenvalue weighted by Gasteiger charge is -2.22. The quantitative estimate of drug-likeness (QED) is 0.239. The van der Waals surface area contributed by atoms with Crippen molar-refractivity contribution in [3.63, 3.8) is 0 Å². The fourth-order valence-electron chi connectivity index (χ4n) is 3.58. The third-order valence-electron chi connectivity index (χ3n) is 4.63. The molecule has 148 valence electrons. The molecule has 7 nitrogen and oxygen atoms in total. The number of unbranched alkanes of at least 4 members (excludes halogenated alkanes) is 3. The van der Waals surface area contributed by atoms with Crippen molar-refractivity contribution in [2.45, 2.75) is 77.9 Å². The van der Waals surface area contributed by atoms with E-state index in [2.05, 4.69) is 0 Å². The maximum Gasteiger partial charge on any atom is 0.305 e. The monoisotopic (exact) mass is 370 g/mol. The number of carbonyl (C=O) groups excluding carboxylic acids is 4. The van der Waals surface area contributed by atoms with E-state index in [1.807, 2.05) is 0 Å². The van der Waals surface area contributed by atoms with Gasteiger partial charge in [-0.05, 0) is 19.8 Å². The maximum atomic E-state index is 11.5. The third-order valence-corrected chi connectivity index (χ3v) is 4.63. The second-order valence-corrected chi connectivity index (χ2v) is 6.67. The summed E-state index contributed by atoms with van der Waals surface area (Å²) in [6, 6.07) is 0. The molecule has 1 rings (SSSR count). The van der Waals surface area contributed by atoms with Crippen molar-refractivity contribution in [2.75, 3.05) is 6.61 Å². The third kappa shape index (κ3) is 7.54. The zero-order valence-electron chi connectivity index (χ0n) is 15.9. The highest BCUT2D eigenvalue weighted by molar-refractivity contribution is 5.69. The minimum atomic E-state index is -0.539. The molecule has 1 saturated carbocycles. The van der Waals surface area contributed by atoms with Crippen LogP contribution in [0.1, 0.15) is 65.7 Å². The van der Waals surface area contributed by atoms with Gasteiger partial charge in [-0.25, -0.2) is 0 Å². The fraction of sp³-hybridized carbons (Fsp3) is 0.789. The van der Waals surface area contributed by atoms with E-state index in [1.165, 1.54) is 13.8 Å². The summed E-state index contributed by atoms with van der Waals surface area (Å²) in [7, 11) is 0. The molecule has 4 unspecified atom stereocenters. The highest BCUT2D eigenvalue weighted by atomic mass is 16.6. The number of aldehydes is 1. The summed E-state index contributed by atoms with van der Waals surface area (Å²) in [5.74, 6) is -1.62. The lowest BCUT2D eigenvalue weighted by Crippen LogP contribution is -2.27. The lowest BCUT2D eigenvalue weighted by atomic mass is 9.89. The molecule has 0 amide bonds. The van der Waals surface area contributed by atoms with Crippen molar-refractivity contribution in [2.24, 2.45) is 11.8 Å². The topological polar surface area (TPSA) is 96.0 Å². The summed E-state index contributed by atoms with van der Waals surface area (Å²) in [5, 5.41) is 0. The van der Waals surface area contributed by atoms with Crippen LogP contribution in [0.2, 0.25) is 0 Å². The highest BCUT2D eigenvalue weighted by Gasteiger charge is 2.46. The van der Waals surface area contributed by atoms with Gasteiger partial charge < -0.3 is 19.0 Å². The molecule has 1 aliphatic rings. The van der Waals surface area contributed by atoms with E-state index in [1.54, 1.807) is 6.92 Å². The van der Waals surface area contributed by atoms with Crippen molar-refractivity contribution in [1.82, 2.24) is 0 Å². The molecule has 0 saturated heterocycles. The smallest absolute Gasteiger partial charge is 0.305 e. The molecule has 0 heterocycles. The molecule has 0 aromatic heterocycles. The summed E-state index contributed by atoms with van der Waals surface area (Å²) in [4.78, 5) is 45.4. The Labute approximate surface area is 154 Å². The Bertz CT molecular complexity index is 488. The summed E-state index contributed by atoms with van der Waals surface area (Å²) in [5.41, 5.74) is 0. The Hall–Kier alpha value is -1.92. The molecule has 0 radical (unpaired) electrons. The van der Waals surface area contributed by atoms with Gasteiger partial charge in [0.25, 0.3) is 0 Å². The first-order valence-corrected chi connectivity index (χ1v) is 9.34. The number of rotatable bonds is 11. The molecule has 0 bridgehead atoms. The normalized spacial score (nSPS) is 24.7. The molecule has 7 heteroatoms. The average molecular weight is 370 g/mol. The van der Waals surface area contributed by atoms with Crippen LogP contribution in [0.3, 0.4) is 0 Å². The van der Waals surface area contributed by atoms with Crippen LogP contribution in [0.15, 0.2) is 0 Å². The van der Waals surface area contributed by atoms with Crippen LogP contribution in [0.25, 0.3) is 0 Å². The van der Waals surface area contributed by atoms with E-state index in [4.69, 9.17) is 14.2 Å². The second-order valence-electron chi connectivity index (χ2n) is 6.67.